The van der Waals surface area contributed by atoms with Gasteiger partial charge < -0.3 is 8.13 Å². The SMILES string of the molecule is CC(C)N1[SiH](C)N([Si](C)(C)C)[SiH]1C. The molecule has 0 aromatic carbocycles. The average Bonchev–Trinajstić information content (AvgIpc) is 1.81. The van der Waals surface area contributed by atoms with Gasteiger partial charge in [0, 0.05) is 0 Å². The highest BCUT2D eigenvalue weighted by Gasteiger charge is 2.48. The molecule has 0 aromatic heterocycles. The lowest BCUT2D eigenvalue weighted by Crippen LogP contribution is -2.82. The lowest BCUT2D eigenvalue weighted by atomic mass is 10.4. The highest BCUT2D eigenvalue weighted by molar-refractivity contribution is 7.00. The maximum Gasteiger partial charge on any atom is 0.168 e. The molecular formula is C8H24N2Si3. The maximum atomic E-state index is 2.98. The van der Waals surface area contributed by atoms with Crippen LogP contribution in [0.1, 0.15) is 13.8 Å². The zero-order chi connectivity index (χ0) is 10.4. The quantitative estimate of drug-likeness (QED) is 0.667. The molecule has 1 fully saturated rings. The van der Waals surface area contributed by atoms with E-state index in [1.165, 1.54) is 0 Å². The van der Waals surface area contributed by atoms with Crippen molar-refractivity contribution in [3.8, 4) is 0 Å². The van der Waals surface area contributed by atoms with Crippen molar-refractivity contribution in [1.82, 2.24) is 8.13 Å². The smallest absolute Gasteiger partial charge is 0.168 e. The van der Waals surface area contributed by atoms with Crippen LogP contribution < -0.4 is 0 Å². The van der Waals surface area contributed by atoms with Gasteiger partial charge in [-0.3, -0.25) is 0 Å². The minimum atomic E-state index is -0.973. The fraction of sp³-hybridized carbons (Fsp3) is 1.00. The van der Waals surface area contributed by atoms with Crippen LogP contribution in [0.4, 0.5) is 0 Å². The lowest BCUT2D eigenvalue weighted by molar-refractivity contribution is 0.443. The van der Waals surface area contributed by atoms with Crippen molar-refractivity contribution in [3.63, 3.8) is 0 Å². The van der Waals surface area contributed by atoms with Gasteiger partial charge in [-0.25, -0.2) is 0 Å². The summed E-state index contributed by atoms with van der Waals surface area (Å²) in [5.41, 5.74) is 0. The van der Waals surface area contributed by atoms with Crippen molar-refractivity contribution in [1.29, 1.82) is 0 Å². The van der Waals surface area contributed by atoms with Gasteiger partial charge in [-0.05, 0) is 19.1 Å². The molecule has 1 aliphatic heterocycles. The van der Waals surface area contributed by atoms with E-state index in [4.69, 9.17) is 0 Å². The maximum absolute atomic E-state index is 2.98. The summed E-state index contributed by atoms with van der Waals surface area (Å²) in [6, 6.07) is 0.802. The van der Waals surface area contributed by atoms with Crippen LogP contribution in [-0.2, 0) is 0 Å². The third kappa shape index (κ3) is 1.99. The molecule has 13 heavy (non-hydrogen) atoms. The molecule has 0 bridgehead atoms. The van der Waals surface area contributed by atoms with Gasteiger partial charge >= 0.3 is 0 Å². The predicted molar refractivity (Wildman–Crippen MR) is 68.2 cm³/mol. The Labute approximate surface area is 87.5 Å². The van der Waals surface area contributed by atoms with Crippen LogP contribution in [0.5, 0.6) is 0 Å². The van der Waals surface area contributed by atoms with E-state index in [9.17, 15) is 0 Å². The van der Waals surface area contributed by atoms with E-state index in [-0.39, 0.29) is 0 Å². The molecule has 1 saturated heterocycles. The molecule has 2 nitrogen and oxygen atoms in total. The van der Waals surface area contributed by atoms with E-state index in [0.717, 1.165) is 6.04 Å². The van der Waals surface area contributed by atoms with Gasteiger partial charge in [0.1, 0.15) is 8.24 Å². The summed E-state index contributed by atoms with van der Waals surface area (Å²) in [6.07, 6.45) is 0. The van der Waals surface area contributed by atoms with Crippen molar-refractivity contribution in [2.45, 2.75) is 52.6 Å². The average molecular weight is 233 g/mol. The number of rotatable bonds is 2. The Bertz CT molecular complexity index is 180. The summed E-state index contributed by atoms with van der Waals surface area (Å²) >= 11 is 0. The molecule has 0 aliphatic carbocycles. The first-order valence-corrected chi connectivity index (χ1v) is 13.1. The van der Waals surface area contributed by atoms with Crippen molar-refractivity contribution >= 4 is 26.5 Å². The molecule has 0 amide bonds. The molecule has 0 saturated carbocycles. The van der Waals surface area contributed by atoms with Crippen molar-refractivity contribution in [3.05, 3.63) is 0 Å². The molecule has 1 heterocycles. The normalized spacial score (nSPS) is 32.3. The topological polar surface area (TPSA) is 6.48 Å². The predicted octanol–water partition coefficient (Wildman–Crippen LogP) is 1.55. The van der Waals surface area contributed by atoms with E-state index in [1.54, 1.807) is 0 Å². The molecule has 78 valence electrons. The first kappa shape index (κ1) is 11.6. The van der Waals surface area contributed by atoms with Crippen LogP contribution in [0.3, 0.4) is 0 Å². The highest BCUT2D eigenvalue weighted by Crippen LogP contribution is 2.28. The fourth-order valence-corrected chi connectivity index (χ4v) is 21.5. The summed E-state index contributed by atoms with van der Waals surface area (Å²) in [6.45, 7) is 17.2. The number of nitrogens with zero attached hydrogens (tertiary/aromatic N) is 2. The molecule has 0 spiro atoms. The van der Waals surface area contributed by atoms with Gasteiger partial charge in [0.25, 0.3) is 0 Å². The Kier molecular flexibility index (Phi) is 3.24. The van der Waals surface area contributed by atoms with Crippen molar-refractivity contribution < 1.29 is 0 Å². The van der Waals surface area contributed by atoms with Gasteiger partial charge in [0.15, 0.2) is 18.2 Å². The summed E-state index contributed by atoms with van der Waals surface area (Å²) in [5.74, 6) is 0. The zero-order valence-electron chi connectivity index (χ0n) is 10.1. The van der Waals surface area contributed by atoms with Crippen LogP contribution in [-0.4, -0.2) is 40.6 Å². The molecule has 2 atom stereocenters. The molecular weight excluding hydrogens is 208 g/mol. The Morgan fingerprint density at radius 3 is 1.62 bits per heavy atom. The minimum absolute atomic E-state index is 0.650. The second kappa shape index (κ2) is 3.62. The summed E-state index contributed by atoms with van der Waals surface area (Å²) in [4.78, 5) is 0. The third-order valence-electron chi connectivity index (χ3n) is 3.04. The Hall–Kier alpha value is 0.571. The summed E-state index contributed by atoms with van der Waals surface area (Å²) < 4.78 is 5.84. The molecule has 0 aromatic rings. The van der Waals surface area contributed by atoms with E-state index in [1.807, 2.05) is 0 Å². The van der Waals surface area contributed by atoms with Gasteiger partial charge in [-0.15, -0.1) is 0 Å². The second-order valence-electron chi connectivity index (χ2n) is 5.38. The molecule has 0 N–H and O–H groups in total. The van der Waals surface area contributed by atoms with Gasteiger partial charge in [0.2, 0.25) is 0 Å². The van der Waals surface area contributed by atoms with Gasteiger partial charge in [-0.1, -0.05) is 33.5 Å². The number of hydrogen-bond donors (Lipinski definition) is 0. The highest BCUT2D eigenvalue weighted by atomic mass is 28.5. The van der Waals surface area contributed by atoms with Crippen LogP contribution in [0.15, 0.2) is 0 Å². The van der Waals surface area contributed by atoms with Crippen LogP contribution in [0, 0.1) is 0 Å². The Balaban J connectivity index is 2.67. The molecule has 2 unspecified atom stereocenters. The van der Waals surface area contributed by atoms with E-state index >= 15 is 0 Å². The zero-order valence-corrected chi connectivity index (χ0v) is 13.4. The monoisotopic (exact) mass is 232 g/mol. The largest absolute Gasteiger partial charge is 0.350 e. The number of hydrogen-bond acceptors (Lipinski definition) is 2. The molecule has 5 heteroatoms. The lowest BCUT2D eigenvalue weighted by Gasteiger charge is -2.61. The van der Waals surface area contributed by atoms with Gasteiger partial charge in [-0.2, -0.15) is 0 Å². The van der Waals surface area contributed by atoms with Crippen LogP contribution >= 0.6 is 0 Å². The second-order valence-corrected chi connectivity index (χ2v) is 17.3. The summed E-state index contributed by atoms with van der Waals surface area (Å²) in [5, 5.41) is 0. The van der Waals surface area contributed by atoms with Crippen molar-refractivity contribution in [2.75, 3.05) is 0 Å². The first-order chi connectivity index (χ1) is 5.76. The Morgan fingerprint density at radius 2 is 1.38 bits per heavy atom. The molecule has 0 radical (unpaired) electrons. The van der Waals surface area contributed by atoms with Crippen LogP contribution in [0.2, 0.25) is 32.7 Å². The fourth-order valence-electron chi connectivity index (χ4n) is 2.83. The molecule has 1 rings (SSSR count). The van der Waals surface area contributed by atoms with E-state index < -0.39 is 26.5 Å². The minimum Gasteiger partial charge on any atom is -0.350 e. The first-order valence-electron chi connectivity index (χ1n) is 5.32. The van der Waals surface area contributed by atoms with Crippen LogP contribution in [0.25, 0.3) is 0 Å². The van der Waals surface area contributed by atoms with E-state index in [2.05, 4.69) is 54.7 Å². The third-order valence-corrected chi connectivity index (χ3v) is 21.2. The van der Waals surface area contributed by atoms with E-state index in [0.29, 0.717) is 0 Å². The standard InChI is InChI=1S/C8H24N2Si3/c1-8(2)9-11(3)10(12(9)4)13(5,6)7/h8,11-12H,1-7H3. The van der Waals surface area contributed by atoms with Crippen molar-refractivity contribution in [2.24, 2.45) is 0 Å². The van der Waals surface area contributed by atoms with Gasteiger partial charge in [0.05, 0.1) is 0 Å². The Morgan fingerprint density at radius 1 is 1.00 bits per heavy atom. The molecule has 1 aliphatic rings. The summed E-state index contributed by atoms with van der Waals surface area (Å²) in [7, 11) is -2.27.